The molecular weight excluding hydrogens is 588 g/mol. The van der Waals surface area contributed by atoms with Crippen LogP contribution < -0.4 is 14.2 Å². The quantitative estimate of drug-likeness (QED) is 0.0784. The summed E-state index contributed by atoms with van der Waals surface area (Å²) in [5.41, 5.74) is -3.48. The van der Waals surface area contributed by atoms with E-state index in [4.69, 9.17) is 14.2 Å². The fraction of sp³-hybridized carbons (Fsp3) is 0.394. The van der Waals surface area contributed by atoms with Crippen molar-refractivity contribution < 1.29 is 58.9 Å². The number of allylic oxidation sites excluding steroid dienone is 2. The van der Waals surface area contributed by atoms with Crippen molar-refractivity contribution in [2.45, 2.75) is 34.3 Å². The van der Waals surface area contributed by atoms with Gasteiger partial charge < -0.3 is 39.7 Å². The van der Waals surface area contributed by atoms with E-state index in [1.54, 1.807) is 12.1 Å². The zero-order chi connectivity index (χ0) is 34.0. The Hall–Kier alpha value is -4.20. The summed E-state index contributed by atoms with van der Waals surface area (Å²) in [6.07, 6.45) is 5.24. The Labute approximate surface area is 261 Å². The van der Waals surface area contributed by atoms with E-state index < -0.39 is 72.8 Å². The highest BCUT2D eigenvalue weighted by Gasteiger charge is 2.36. The third-order valence-electron chi connectivity index (χ3n) is 7.32. The minimum atomic E-state index is -1.56. The first kappa shape index (κ1) is 37.0. The predicted octanol–water partition coefficient (Wildman–Crippen LogP) is 1.87. The Morgan fingerprint density at radius 1 is 0.644 bits per heavy atom. The number of hydrogen-bond acceptors (Lipinski definition) is 12. The lowest BCUT2D eigenvalue weighted by atomic mass is 9.82. The van der Waals surface area contributed by atoms with Crippen LogP contribution in [-0.4, -0.2) is 82.6 Å². The van der Waals surface area contributed by atoms with E-state index in [0.717, 1.165) is 0 Å². The number of carbonyl (C=O) groups excluding carboxylic acids is 4. The highest BCUT2D eigenvalue weighted by molar-refractivity contribution is 6.16. The normalized spacial score (nSPS) is 12.4. The molecule has 0 bridgehead atoms. The Morgan fingerprint density at radius 3 is 1.49 bits per heavy atom. The van der Waals surface area contributed by atoms with Crippen molar-refractivity contribution in [3.63, 3.8) is 0 Å². The van der Waals surface area contributed by atoms with Crippen LogP contribution in [0.2, 0.25) is 0 Å². The lowest BCUT2D eigenvalue weighted by Crippen LogP contribution is -2.38. The van der Waals surface area contributed by atoms with Crippen molar-refractivity contribution in [3.05, 3.63) is 65.2 Å². The molecule has 0 heterocycles. The summed E-state index contributed by atoms with van der Waals surface area (Å²) in [5.74, 6) is -2.68. The molecule has 0 saturated carbocycles. The van der Waals surface area contributed by atoms with Crippen LogP contribution in [0.4, 0.5) is 0 Å². The van der Waals surface area contributed by atoms with Crippen molar-refractivity contribution in [1.29, 1.82) is 0 Å². The van der Waals surface area contributed by atoms with Gasteiger partial charge in [-0.05, 0) is 69.2 Å². The molecule has 2 aromatic carbocycles. The number of ether oxygens (including phenoxy) is 3. The molecule has 0 aliphatic rings. The number of hydrogen-bond donors (Lipinski definition) is 5. The fourth-order valence-corrected chi connectivity index (χ4v) is 3.46. The average Bonchev–Trinajstić information content (AvgIpc) is 3.05. The van der Waals surface area contributed by atoms with Crippen molar-refractivity contribution in [2.24, 2.45) is 16.2 Å². The van der Waals surface area contributed by atoms with Crippen LogP contribution in [0.25, 0.3) is 12.2 Å². The maximum atomic E-state index is 13.1. The van der Waals surface area contributed by atoms with E-state index in [0.29, 0.717) is 11.1 Å². The minimum Gasteiger partial charge on any atom is -0.493 e. The molecule has 0 unspecified atom stereocenters. The molecule has 45 heavy (non-hydrogen) atoms. The molecule has 0 amide bonds. The fourth-order valence-electron chi connectivity index (χ4n) is 3.46. The largest absolute Gasteiger partial charge is 0.493 e. The van der Waals surface area contributed by atoms with E-state index >= 15 is 0 Å². The first-order chi connectivity index (χ1) is 21.1. The van der Waals surface area contributed by atoms with E-state index in [1.807, 2.05) is 0 Å². The van der Waals surface area contributed by atoms with Gasteiger partial charge in [-0.3, -0.25) is 19.2 Å². The second-order valence-corrected chi connectivity index (χ2v) is 11.5. The van der Waals surface area contributed by atoms with Gasteiger partial charge in [-0.15, -0.1) is 0 Å². The number of benzene rings is 2. The second-order valence-electron chi connectivity index (χ2n) is 11.5. The number of ketones is 2. The Balaban J connectivity index is 2.24. The van der Waals surface area contributed by atoms with Gasteiger partial charge in [0.15, 0.2) is 23.1 Å². The standard InChI is InChI=1S/C33H40O12/c1-31(2,27(39)12-8-21-6-10-23(16-34)25(14-21)44-29(41)32(3,17-35)18-36)28(40)13-9-22-7-11-24(43-5)26(15-22)45-30(42)33(4,19-37)20-38/h6-15,34-38H,16-20H2,1-5H3/b12-8+,13-9+. The van der Waals surface area contributed by atoms with Gasteiger partial charge in [-0.2, -0.15) is 0 Å². The zero-order valence-electron chi connectivity index (χ0n) is 25.9. The Morgan fingerprint density at radius 2 is 1.07 bits per heavy atom. The highest BCUT2D eigenvalue weighted by atomic mass is 16.6. The summed E-state index contributed by atoms with van der Waals surface area (Å²) in [5, 5.41) is 47.5. The molecule has 244 valence electrons. The van der Waals surface area contributed by atoms with Gasteiger partial charge in [0.05, 0.1) is 45.6 Å². The van der Waals surface area contributed by atoms with Gasteiger partial charge in [0.2, 0.25) is 0 Å². The van der Waals surface area contributed by atoms with Crippen LogP contribution in [-0.2, 0) is 25.8 Å². The summed E-state index contributed by atoms with van der Waals surface area (Å²) in [7, 11) is 1.36. The molecule has 2 rings (SSSR count). The summed E-state index contributed by atoms with van der Waals surface area (Å²) in [6, 6.07) is 8.97. The van der Waals surface area contributed by atoms with Crippen molar-refractivity contribution >= 4 is 35.7 Å². The van der Waals surface area contributed by atoms with Crippen LogP contribution in [0.1, 0.15) is 44.4 Å². The molecule has 0 atom stereocenters. The van der Waals surface area contributed by atoms with Gasteiger partial charge in [0.1, 0.15) is 16.6 Å². The van der Waals surface area contributed by atoms with E-state index in [-0.39, 0.29) is 22.8 Å². The lowest BCUT2D eigenvalue weighted by Gasteiger charge is -2.22. The van der Waals surface area contributed by atoms with Gasteiger partial charge in [0, 0.05) is 5.56 Å². The molecule has 0 spiro atoms. The predicted molar refractivity (Wildman–Crippen MR) is 163 cm³/mol. The molecule has 0 saturated heterocycles. The Bertz CT molecular complexity index is 1340. The minimum absolute atomic E-state index is 0.00175. The average molecular weight is 629 g/mol. The summed E-state index contributed by atoms with van der Waals surface area (Å²) < 4.78 is 15.9. The summed E-state index contributed by atoms with van der Waals surface area (Å²) >= 11 is 0. The van der Waals surface area contributed by atoms with Crippen LogP contribution in [0.15, 0.2) is 48.6 Å². The third kappa shape index (κ3) is 8.93. The van der Waals surface area contributed by atoms with Crippen molar-refractivity contribution in [2.75, 3.05) is 33.5 Å². The van der Waals surface area contributed by atoms with Gasteiger partial charge >= 0.3 is 11.9 Å². The smallest absolute Gasteiger partial charge is 0.322 e. The maximum absolute atomic E-state index is 13.1. The first-order valence-corrected chi connectivity index (χ1v) is 13.9. The van der Waals surface area contributed by atoms with Crippen LogP contribution in [0.3, 0.4) is 0 Å². The molecule has 0 aliphatic heterocycles. The van der Waals surface area contributed by atoms with Crippen molar-refractivity contribution in [1.82, 2.24) is 0 Å². The molecule has 0 fully saturated rings. The molecule has 12 heteroatoms. The molecular formula is C33H40O12. The second kappa shape index (κ2) is 15.7. The monoisotopic (exact) mass is 628 g/mol. The van der Waals surface area contributed by atoms with Crippen LogP contribution >= 0.6 is 0 Å². The molecule has 12 nitrogen and oxygen atoms in total. The summed E-state index contributed by atoms with van der Waals surface area (Å²) in [6.45, 7) is 2.48. The zero-order valence-corrected chi connectivity index (χ0v) is 25.9. The number of rotatable bonds is 16. The summed E-state index contributed by atoms with van der Waals surface area (Å²) in [4.78, 5) is 51.1. The first-order valence-electron chi connectivity index (χ1n) is 13.9. The molecule has 0 aliphatic carbocycles. The van der Waals surface area contributed by atoms with Crippen molar-refractivity contribution in [3.8, 4) is 17.2 Å². The van der Waals surface area contributed by atoms with Gasteiger partial charge in [-0.25, -0.2) is 0 Å². The number of methoxy groups -OCH3 is 1. The van der Waals surface area contributed by atoms with Gasteiger partial charge in [0.25, 0.3) is 0 Å². The number of esters is 2. The van der Waals surface area contributed by atoms with Crippen LogP contribution in [0.5, 0.6) is 17.2 Å². The van der Waals surface area contributed by atoms with Crippen LogP contribution in [0, 0.1) is 16.2 Å². The van der Waals surface area contributed by atoms with Gasteiger partial charge in [-0.1, -0.05) is 30.4 Å². The third-order valence-corrected chi connectivity index (χ3v) is 7.32. The number of carbonyl (C=O) groups is 4. The highest BCUT2D eigenvalue weighted by Crippen LogP contribution is 2.32. The van der Waals surface area contributed by atoms with E-state index in [1.165, 1.54) is 83.4 Å². The molecule has 5 N–H and O–H groups in total. The number of aliphatic hydroxyl groups is 5. The van der Waals surface area contributed by atoms with E-state index in [2.05, 4.69) is 0 Å². The van der Waals surface area contributed by atoms with E-state index in [9.17, 15) is 44.7 Å². The molecule has 0 radical (unpaired) electrons. The molecule has 2 aromatic rings. The number of aliphatic hydroxyl groups excluding tert-OH is 5. The maximum Gasteiger partial charge on any atom is 0.322 e. The SMILES string of the molecule is COc1ccc(/C=C/C(=O)C(C)(C)C(=O)/C=C/c2ccc(CO)c(OC(=O)C(C)(CO)CO)c2)cc1OC(=O)C(C)(CO)CO. The topological polar surface area (TPSA) is 197 Å². The lowest BCUT2D eigenvalue weighted by molar-refractivity contribution is -0.151. The Kier molecular flexibility index (Phi) is 12.9. The molecule has 0 aromatic heterocycles.